The standard InChI is InChI=1S/C16H21N3O3/c1-3-18(4-2)14(20)11-19-15(21)13(17-16(19)22)10-12-8-6-5-7-9-12/h5-9,13H,3-4,10-11H2,1-2H3,(H,17,22). The van der Waals surface area contributed by atoms with Crippen LogP contribution in [0.5, 0.6) is 0 Å². The van der Waals surface area contributed by atoms with E-state index >= 15 is 0 Å². The van der Waals surface area contributed by atoms with Gasteiger partial charge in [-0.05, 0) is 19.4 Å². The minimum absolute atomic E-state index is 0.197. The quantitative estimate of drug-likeness (QED) is 0.798. The van der Waals surface area contributed by atoms with E-state index in [0.717, 1.165) is 10.5 Å². The maximum absolute atomic E-state index is 12.3. The first-order chi connectivity index (χ1) is 10.6. The maximum Gasteiger partial charge on any atom is 0.325 e. The molecule has 2 rings (SSSR count). The molecule has 0 radical (unpaired) electrons. The van der Waals surface area contributed by atoms with Crippen molar-refractivity contribution in [3.05, 3.63) is 35.9 Å². The molecule has 1 heterocycles. The van der Waals surface area contributed by atoms with Crippen LogP contribution < -0.4 is 5.32 Å². The summed E-state index contributed by atoms with van der Waals surface area (Å²) in [4.78, 5) is 39.0. The number of likely N-dealkylation sites (N-methyl/N-ethyl adjacent to an activating group) is 1. The summed E-state index contributed by atoms with van der Waals surface area (Å²) in [5.41, 5.74) is 0.970. The average Bonchev–Trinajstić information content (AvgIpc) is 2.77. The van der Waals surface area contributed by atoms with E-state index < -0.39 is 12.1 Å². The summed E-state index contributed by atoms with van der Waals surface area (Å²) in [6.07, 6.45) is 0.432. The molecule has 1 fully saturated rings. The molecule has 1 unspecified atom stereocenters. The molecule has 0 spiro atoms. The van der Waals surface area contributed by atoms with Crippen molar-refractivity contribution >= 4 is 17.8 Å². The highest BCUT2D eigenvalue weighted by Crippen LogP contribution is 2.12. The zero-order chi connectivity index (χ0) is 16.1. The van der Waals surface area contributed by atoms with Crippen molar-refractivity contribution in [2.45, 2.75) is 26.3 Å². The van der Waals surface area contributed by atoms with Gasteiger partial charge in [-0.25, -0.2) is 4.79 Å². The second-order valence-electron chi connectivity index (χ2n) is 5.18. The molecule has 1 atom stereocenters. The van der Waals surface area contributed by atoms with Gasteiger partial charge in [0, 0.05) is 19.5 Å². The number of rotatable bonds is 6. The number of imide groups is 1. The first kappa shape index (κ1) is 16.0. The SMILES string of the molecule is CCN(CC)C(=O)CN1C(=O)NC(Cc2ccccc2)C1=O. The molecule has 6 heteroatoms. The molecule has 4 amide bonds. The van der Waals surface area contributed by atoms with E-state index in [9.17, 15) is 14.4 Å². The molecule has 1 aromatic rings. The summed E-state index contributed by atoms with van der Waals surface area (Å²) in [5, 5.41) is 2.65. The van der Waals surface area contributed by atoms with Crippen LogP contribution in [0, 0.1) is 0 Å². The Hall–Kier alpha value is -2.37. The predicted molar refractivity (Wildman–Crippen MR) is 82.1 cm³/mol. The molecule has 6 nitrogen and oxygen atoms in total. The number of hydrogen-bond acceptors (Lipinski definition) is 3. The number of hydrogen-bond donors (Lipinski definition) is 1. The van der Waals surface area contributed by atoms with E-state index in [1.54, 1.807) is 4.90 Å². The van der Waals surface area contributed by atoms with Crippen molar-refractivity contribution in [3.8, 4) is 0 Å². The largest absolute Gasteiger partial charge is 0.342 e. The van der Waals surface area contributed by atoms with E-state index in [0.29, 0.717) is 19.5 Å². The van der Waals surface area contributed by atoms with Crippen LogP contribution >= 0.6 is 0 Å². The van der Waals surface area contributed by atoms with Gasteiger partial charge in [0.15, 0.2) is 0 Å². The van der Waals surface area contributed by atoms with Crippen molar-refractivity contribution in [1.82, 2.24) is 15.1 Å². The number of carbonyl (C=O) groups excluding carboxylic acids is 3. The second kappa shape index (κ2) is 7.06. The van der Waals surface area contributed by atoms with E-state index in [1.807, 2.05) is 44.2 Å². The number of carbonyl (C=O) groups is 3. The monoisotopic (exact) mass is 303 g/mol. The van der Waals surface area contributed by atoms with Gasteiger partial charge in [0.05, 0.1) is 0 Å². The fourth-order valence-corrected chi connectivity index (χ4v) is 2.53. The number of benzene rings is 1. The molecular weight excluding hydrogens is 282 g/mol. The highest BCUT2D eigenvalue weighted by atomic mass is 16.2. The van der Waals surface area contributed by atoms with E-state index in [1.165, 1.54) is 0 Å². The van der Waals surface area contributed by atoms with Gasteiger partial charge >= 0.3 is 6.03 Å². The first-order valence-electron chi connectivity index (χ1n) is 7.50. The van der Waals surface area contributed by atoms with Crippen LogP contribution in [-0.2, 0) is 16.0 Å². The Bertz CT molecular complexity index is 555. The Kier molecular flexibility index (Phi) is 5.14. The minimum atomic E-state index is -0.598. The smallest absolute Gasteiger partial charge is 0.325 e. The highest BCUT2D eigenvalue weighted by Gasteiger charge is 2.39. The van der Waals surface area contributed by atoms with Gasteiger partial charge in [0.1, 0.15) is 12.6 Å². The second-order valence-corrected chi connectivity index (χ2v) is 5.18. The molecule has 118 valence electrons. The Morgan fingerprint density at radius 2 is 1.82 bits per heavy atom. The molecule has 0 bridgehead atoms. The lowest BCUT2D eigenvalue weighted by molar-refractivity contribution is -0.137. The van der Waals surface area contributed by atoms with Crippen LogP contribution in [-0.4, -0.2) is 53.3 Å². The molecule has 1 aliphatic heterocycles. The summed E-state index contributed by atoms with van der Waals surface area (Å²) in [7, 11) is 0. The zero-order valence-corrected chi connectivity index (χ0v) is 12.9. The molecule has 1 aliphatic rings. The lowest BCUT2D eigenvalue weighted by atomic mass is 10.1. The van der Waals surface area contributed by atoms with Gasteiger partial charge in [-0.15, -0.1) is 0 Å². The Labute approximate surface area is 130 Å². The fraction of sp³-hybridized carbons (Fsp3) is 0.438. The topological polar surface area (TPSA) is 69.7 Å². The molecule has 1 saturated heterocycles. The number of amides is 4. The van der Waals surface area contributed by atoms with Crippen LogP contribution in [0.1, 0.15) is 19.4 Å². The Balaban J connectivity index is 2.01. The summed E-state index contributed by atoms with van der Waals surface area (Å²) in [6, 6.07) is 8.39. The van der Waals surface area contributed by atoms with Crippen molar-refractivity contribution in [2.24, 2.45) is 0 Å². The average molecular weight is 303 g/mol. The third kappa shape index (κ3) is 3.44. The van der Waals surface area contributed by atoms with Crippen LogP contribution in [0.4, 0.5) is 4.79 Å². The first-order valence-corrected chi connectivity index (χ1v) is 7.50. The lowest BCUT2D eigenvalue weighted by Gasteiger charge is -2.21. The van der Waals surface area contributed by atoms with Gasteiger partial charge < -0.3 is 10.2 Å². The highest BCUT2D eigenvalue weighted by molar-refractivity contribution is 6.06. The molecule has 22 heavy (non-hydrogen) atoms. The zero-order valence-electron chi connectivity index (χ0n) is 12.9. The lowest BCUT2D eigenvalue weighted by Crippen LogP contribution is -2.43. The summed E-state index contributed by atoms with van der Waals surface area (Å²) < 4.78 is 0. The third-order valence-corrected chi connectivity index (χ3v) is 3.80. The predicted octanol–water partition coefficient (Wildman–Crippen LogP) is 1.02. The van der Waals surface area contributed by atoms with Gasteiger partial charge in [-0.1, -0.05) is 30.3 Å². The van der Waals surface area contributed by atoms with Crippen molar-refractivity contribution in [3.63, 3.8) is 0 Å². The number of urea groups is 1. The Morgan fingerprint density at radius 1 is 1.18 bits per heavy atom. The molecule has 0 aliphatic carbocycles. The number of nitrogens with one attached hydrogen (secondary N) is 1. The molecular formula is C16H21N3O3. The number of nitrogens with zero attached hydrogens (tertiary/aromatic N) is 2. The summed E-state index contributed by atoms with van der Waals surface area (Å²) in [5.74, 6) is -0.553. The van der Waals surface area contributed by atoms with Crippen LogP contribution in [0.15, 0.2) is 30.3 Å². The van der Waals surface area contributed by atoms with Gasteiger partial charge in [0.25, 0.3) is 5.91 Å². The normalized spacial score (nSPS) is 17.5. The van der Waals surface area contributed by atoms with Crippen molar-refractivity contribution < 1.29 is 14.4 Å². The van der Waals surface area contributed by atoms with Crippen molar-refractivity contribution in [2.75, 3.05) is 19.6 Å². The van der Waals surface area contributed by atoms with Gasteiger partial charge in [-0.2, -0.15) is 0 Å². The minimum Gasteiger partial charge on any atom is -0.342 e. The van der Waals surface area contributed by atoms with Gasteiger partial charge in [0.2, 0.25) is 5.91 Å². The van der Waals surface area contributed by atoms with Gasteiger partial charge in [-0.3, -0.25) is 14.5 Å². The fourth-order valence-electron chi connectivity index (χ4n) is 2.53. The van der Waals surface area contributed by atoms with E-state index in [2.05, 4.69) is 5.32 Å². The van der Waals surface area contributed by atoms with Crippen molar-refractivity contribution in [1.29, 1.82) is 0 Å². The molecule has 0 saturated carbocycles. The van der Waals surface area contributed by atoms with Crippen LogP contribution in [0.3, 0.4) is 0 Å². The Morgan fingerprint density at radius 3 is 2.41 bits per heavy atom. The molecule has 1 N–H and O–H groups in total. The summed E-state index contributed by atoms with van der Waals surface area (Å²) >= 11 is 0. The van der Waals surface area contributed by atoms with Crippen LogP contribution in [0.2, 0.25) is 0 Å². The molecule has 0 aromatic heterocycles. The van der Waals surface area contributed by atoms with E-state index in [-0.39, 0.29) is 18.4 Å². The maximum atomic E-state index is 12.3. The van der Waals surface area contributed by atoms with Crippen LogP contribution in [0.25, 0.3) is 0 Å². The molecule has 1 aromatic carbocycles. The third-order valence-electron chi connectivity index (χ3n) is 3.80. The summed E-state index contributed by atoms with van der Waals surface area (Å²) in [6.45, 7) is 4.66. The van der Waals surface area contributed by atoms with E-state index in [4.69, 9.17) is 0 Å².